The number of carbonyl (C=O) groups is 2. The van der Waals surface area contributed by atoms with Crippen LogP contribution in [0.25, 0.3) is 0 Å². The molecule has 0 spiro atoms. The van der Waals surface area contributed by atoms with Crippen molar-refractivity contribution >= 4 is 11.8 Å². The van der Waals surface area contributed by atoms with Gasteiger partial charge >= 0.3 is 11.9 Å². The van der Waals surface area contributed by atoms with Gasteiger partial charge in [0.1, 0.15) is 5.78 Å². The number of hydrogen-bond acceptors (Lipinski definition) is 4. The molecule has 2 aliphatic rings. The zero-order valence-corrected chi connectivity index (χ0v) is 15.0. The largest absolute Gasteiger partial charge is 0.481 e. The Hall–Kier alpha value is -1.08. The number of unbranched alkanes of at least 4 members (excludes halogenated alkanes) is 3. The summed E-state index contributed by atoms with van der Waals surface area (Å²) in [6.45, 7) is -3.79. The van der Waals surface area contributed by atoms with Gasteiger partial charge in [-0.15, -0.1) is 0 Å². The highest BCUT2D eigenvalue weighted by molar-refractivity contribution is 5.84. The number of aliphatic hydroxyl groups is 1. The molecule has 0 aromatic heterocycles. The first-order valence-electron chi connectivity index (χ1n) is 13.7. The molecule has 156 valence electrons. The van der Waals surface area contributed by atoms with Gasteiger partial charge in [-0.05, 0) is 31.6 Å². The minimum absolute atomic E-state index is 0.0348. The summed E-state index contributed by atoms with van der Waals surface area (Å²) in [6, 6.07) is 0. The van der Waals surface area contributed by atoms with Crippen LogP contribution in [0.2, 0.25) is 0 Å². The van der Waals surface area contributed by atoms with Crippen LogP contribution in [0.3, 0.4) is 0 Å². The summed E-state index contributed by atoms with van der Waals surface area (Å²) >= 11 is 0. The topological polar surface area (TPSA) is 83.8 Å². The quantitative estimate of drug-likeness (QED) is 0.506. The minimum Gasteiger partial charge on any atom is -0.481 e. The second-order valence-corrected chi connectivity index (χ2v) is 7.22. The van der Waals surface area contributed by atoms with E-state index in [-0.39, 0.29) is 25.0 Å². The summed E-state index contributed by atoms with van der Waals surface area (Å²) in [5.74, 6) is -10.9. The van der Waals surface area contributed by atoms with Crippen molar-refractivity contribution in [2.24, 2.45) is 11.8 Å². The van der Waals surface area contributed by atoms with Crippen LogP contribution < -0.4 is 0 Å². The third kappa shape index (κ3) is 5.47. The average Bonchev–Trinajstić information content (AvgIpc) is 3.02. The Labute approximate surface area is 172 Å². The van der Waals surface area contributed by atoms with Crippen molar-refractivity contribution in [3.8, 4) is 0 Å². The van der Waals surface area contributed by atoms with Gasteiger partial charge in [0.25, 0.3) is 0 Å². The van der Waals surface area contributed by atoms with E-state index in [9.17, 15) is 14.7 Å². The van der Waals surface area contributed by atoms with Crippen molar-refractivity contribution in [1.82, 2.24) is 0 Å². The molecule has 4 atom stereocenters. The van der Waals surface area contributed by atoms with Crippen LogP contribution >= 0.6 is 0 Å². The number of ketones is 1. The molecule has 1 aliphatic carbocycles. The highest BCUT2D eigenvalue weighted by Gasteiger charge is 2.59. The molecule has 0 aromatic carbocycles. The summed E-state index contributed by atoms with van der Waals surface area (Å²) in [5, 5.41) is 19.4. The lowest BCUT2D eigenvalue weighted by Crippen LogP contribution is -2.55. The molecule has 1 saturated carbocycles. The first-order valence-corrected chi connectivity index (χ1v) is 9.16. The maximum Gasteiger partial charge on any atom is 0.303 e. The smallest absolute Gasteiger partial charge is 0.303 e. The van der Waals surface area contributed by atoms with Crippen LogP contribution in [0.4, 0.5) is 8.78 Å². The number of halogens is 2. The molecular formula is C20H32F2O5. The molecule has 0 aromatic rings. The Kier molecular flexibility index (Phi) is 4.35. The van der Waals surface area contributed by atoms with E-state index in [1.165, 1.54) is 0 Å². The third-order valence-corrected chi connectivity index (χ3v) is 5.40. The number of carbonyl (C=O) groups excluding carboxylic acids is 1. The predicted octanol–water partition coefficient (Wildman–Crippen LogP) is 4.31. The number of rotatable bonds is 11. The standard InChI is InChI=1S/C20H32F2O5/c1-2-3-11-19(21,22)20(26)12-10-15-14(16(23)13-17(15)27-20)8-6-4-5-7-9-18(24)25/h14-15,17,26H,2-13H2,1H3,(H,24,25)/t14-,15-,17-,20-/m1/s1/i1D3,2D2,3D2,11D2. The molecule has 2 N–H and O–H groups in total. The maximum atomic E-state index is 15.4. The lowest BCUT2D eigenvalue weighted by Gasteiger charge is -2.43. The summed E-state index contributed by atoms with van der Waals surface area (Å²) in [5.41, 5.74) is 0. The zero-order valence-electron chi connectivity index (χ0n) is 24.0. The van der Waals surface area contributed by atoms with Crippen LogP contribution in [-0.4, -0.2) is 39.8 Å². The Morgan fingerprint density at radius 1 is 1.41 bits per heavy atom. The van der Waals surface area contributed by atoms with E-state index in [0.717, 1.165) is 0 Å². The molecule has 1 heterocycles. The number of hydrogen-bond donors (Lipinski definition) is 2. The van der Waals surface area contributed by atoms with Gasteiger partial charge in [0.15, 0.2) is 0 Å². The van der Waals surface area contributed by atoms with Gasteiger partial charge in [0.05, 0.1) is 6.10 Å². The maximum absolute atomic E-state index is 15.4. The molecule has 2 fully saturated rings. The summed E-state index contributed by atoms with van der Waals surface area (Å²) in [6.07, 6.45) is -12.6. The number of ether oxygens (including phenoxy) is 1. The van der Waals surface area contributed by atoms with E-state index in [0.29, 0.717) is 32.1 Å². The lowest BCUT2D eigenvalue weighted by atomic mass is 9.81. The van der Waals surface area contributed by atoms with Crippen LogP contribution in [0.5, 0.6) is 0 Å². The van der Waals surface area contributed by atoms with Crippen LogP contribution in [0.15, 0.2) is 0 Å². The summed E-state index contributed by atoms with van der Waals surface area (Å²) in [7, 11) is 0. The predicted molar refractivity (Wildman–Crippen MR) is 95.5 cm³/mol. The molecule has 2 rings (SSSR count). The monoisotopic (exact) mass is 399 g/mol. The van der Waals surface area contributed by atoms with Crippen molar-refractivity contribution in [3.05, 3.63) is 0 Å². The molecule has 0 radical (unpaired) electrons. The SMILES string of the molecule is [2H]C([2H])([2H])C([2H])([2H])C([2H])([2H])C([2H])([2H])C(F)(F)[C@@]1(O)CC[C@H]2[C@@H](CC(=O)[C@@H]2CCCCCCC(=O)O)O1. The van der Waals surface area contributed by atoms with Gasteiger partial charge in [-0.2, -0.15) is 0 Å². The van der Waals surface area contributed by atoms with E-state index in [4.69, 9.17) is 22.2 Å². The molecule has 1 aliphatic heterocycles. The second kappa shape index (κ2) is 9.41. The molecule has 0 unspecified atom stereocenters. The fourth-order valence-electron chi connectivity index (χ4n) is 3.99. The third-order valence-electron chi connectivity index (χ3n) is 5.40. The van der Waals surface area contributed by atoms with E-state index >= 15 is 8.78 Å². The highest BCUT2D eigenvalue weighted by atomic mass is 19.3. The van der Waals surface area contributed by atoms with Crippen molar-refractivity contribution < 1.29 is 45.7 Å². The van der Waals surface area contributed by atoms with Gasteiger partial charge in [-0.1, -0.05) is 32.5 Å². The number of carboxylic acid groups (broad SMARTS) is 1. The van der Waals surface area contributed by atoms with Crippen LogP contribution in [0.1, 0.15) is 96.1 Å². The molecular weight excluding hydrogens is 358 g/mol. The van der Waals surface area contributed by atoms with E-state index in [1.807, 2.05) is 0 Å². The Bertz CT molecular complexity index is 837. The first kappa shape index (κ1) is 12.5. The van der Waals surface area contributed by atoms with Gasteiger partial charge in [-0.25, -0.2) is 8.78 Å². The van der Waals surface area contributed by atoms with E-state index < -0.39 is 68.0 Å². The molecule has 0 amide bonds. The molecule has 1 saturated heterocycles. The van der Waals surface area contributed by atoms with Crippen molar-refractivity contribution in [3.63, 3.8) is 0 Å². The fourth-order valence-corrected chi connectivity index (χ4v) is 3.99. The molecule has 5 nitrogen and oxygen atoms in total. The first-order chi connectivity index (χ1) is 16.1. The fraction of sp³-hybridized carbons (Fsp3) is 0.900. The van der Waals surface area contributed by atoms with Gasteiger partial charge in [-0.3, -0.25) is 9.59 Å². The van der Waals surface area contributed by atoms with Gasteiger partial charge in [0, 0.05) is 43.9 Å². The van der Waals surface area contributed by atoms with Crippen molar-refractivity contribution in [2.45, 2.75) is 102 Å². The van der Waals surface area contributed by atoms with E-state index in [2.05, 4.69) is 0 Å². The van der Waals surface area contributed by atoms with Crippen LogP contribution in [0, 0.1) is 11.8 Å². The van der Waals surface area contributed by atoms with Gasteiger partial charge in [0.2, 0.25) is 5.79 Å². The number of aliphatic carboxylic acids is 1. The number of alkyl halides is 2. The average molecular weight is 400 g/mol. The summed E-state index contributed by atoms with van der Waals surface area (Å²) in [4.78, 5) is 23.1. The van der Waals surface area contributed by atoms with Crippen molar-refractivity contribution in [1.29, 1.82) is 0 Å². The zero-order chi connectivity index (χ0) is 28.0. The van der Waals surface area contributed by atoms with Gasteiger partial charge < -0.3 is 14.9 Å². The Balaban J connectivity index is 2.15. The number of fused-ring (bicyclic) bond motifs is 1. The number of carboxylic acids is 1. The van der Waals surface area contributed by atoms with E-state index in [1.54, 1.807) is 0 Å². The highest BCUT2D eigenvalue weighted by Crippen LogP contribution is 2.49. The van der Waals surface area contributed by atoms with Crippen molar-refractivity contribution in [2.75, 3.05) is 0 Å². The minimum atomic E-state index is -5.08. The molecule has 27 heavy (non-hydrogen) atoms. The lowest BCUT2D eigenvalue weighted by molar-refractivity contribution is -0.356. The second-order valence-electron chi connectivity index (χ2n) is 7.22. The molecule has 0 bridgehead atoms. The Morgan fingerprint density at radius 2 is 2.15 bits per heavy atom. The normalized spacial score (nSPS) is 38.1. The number of Topliss-reactive ketones (excluding diaryl/α,β-unsaturated/α-hetero) is 1. The Morgan fingerprint density at radius 3 is 2.85 bits per heavy atom. The molecule has 7 heteroatoms. The summed E-state index contributed by atoms with van der Waals surface area (Å²) < 4.78 is 104. The van der Waals surface area contributed by atoms with Crippen LogP contribution in [-0.2, 0) is 14.3 Å².